The zero-order valence-electron chi connectivity index (χ0n) is 10.8. The zero-order chi connectivity index (χ0) is 11.7. The Balaban J connectivity index is 2.73. The van der Waals surface area contributed by atoms with Crippen molar-refractivity contribution < 1.29 is 4.79 Å². The van der Waals surface area contributed by atoms with Gasteiger partial charge >= 0.3 is 98.4 Å². The SMILES string of the molecule is CC1(C)CCC(=O)CC1/C=[CH]\[Sn]([CH3])([CH3])[CH3]. The zero-order valence-corrected chi connectivity index (χ0v) is 13.6. The molecule has 0 aromatic heterocycles. The average molecular weight is 315 g/mol. The molecule has 0 N–H and O–H groups in total. The van der Waals surface area contributed by atoms with E-state index in [9.17, 15) is 4.79 Å². The van der Waals surface area contributed by atoms with Crippen molar-refractivity contribution in [2.24, 2.45) is 11.3 Å². The van der Waals surface area contributed by atoms with Crippen molar-refractivity contribution in [3.05, 3.63) is 10.2 Å². The second kappa shape index (κ2) is 4.60. The quantitative estimate of drug-likeness (QED) is 0.708. The Kier molecular flexibility index (Phi) is 4.07. The second-order valence-corrected chi connectivity index (χ2v) is 21.0. The van der Waals surface area contributed by atoms with Crippen LogP contribution in [0.5, 0.6) is 0 Å². The summed E-state index contributed by atoms with van der Waals surface area (Å²) in [5.41, 5.74) is 0.321. The van der Waals surface area contributed by atoms with Gasteiger partial charge in [-0.25, -0.2) is 0 Å². The van der Waals surface area contributed by atoms with Crippen LogP contribution < -0.4 is 0 Å². The van der Waals surface area contributed by atoms with Gasteiger partial charge in [0.25, 0.3) is 0 Å². The van der Waals surface area contributed by atoms with Crippen molar-refractivity contribution in [3.8, 4) is 0 Å². The second-order valence-electron chi connectivity index (χ2n) is 6.56. The van der Waals surface area contributed by atoms with Crippen molar-refractivity contribution in [3.63, 3.8) is 0 Å². The number of carbonyl (C=O) groups excluding carboxylic acids is 1. The topological polar surface area (TPSA) is 17.1 Å². The van der Waals surface area contributed by atoms with E-state index in [-0.39, 0.29) is 0 Å². The number of rotatable bonds is 2. The van der Waals surface area contributed by atoms with Crippen molar-refractivity contribution in [1.82, 2.24) is 0 Å². The first-order valence-electron chi connectivity index (χ1n) is 5.92. The summed E-state index contributed by atoms with van der Waals surface area (Å²) in [6.07, 6.45) is 4.97. The van der Waals surface area contributed by atoms with Gasteiger partial charge in [-0.15, -0.1) is 0 Å². The fraction of sp³-hybridized carbons (Fsp3) is 0.769. The minimum absolute atomic E-state index is 0.321. The first-order chi connectivity index (χ1) is 6.71. The Morgan fingerprint density at radius 1 is 1.33 bits per heavy atom. The van der Waals surface area contributed by atoms with Gasteiger partial charge in [0, 0.05) is 0 Å². The van der Waals surface area contributed by atoms with E-state index in [4.69, 9.17) is 0 Å². The van der Waals surface area contributed by atoms with Crippen LogP contribution in [0.4, 0.5) is 0 Å². The molecule has 0 heterocycles. The van der Waals surface area contributed by atoms with E-state index < -0.39 is 18.4 Å². The molecule has 0 saturated heterocycles. The van der Waals surface area contributed by atoms with E-state index >= 15 is 0 Å². The van der Waals surface area contributed by atoms with Crippen molar-refractivity contribution in [2.45, 2.75) is 47.9 Å². The number of ketones is 1. The van der Waals surface area contributed by atoms with Crippen LogP contribution >= 0.6 is 0 Å². The third-order valence-corrected chi connectivity index (χ3v) is 6.73. The molecule has 15 heavy (non-hydrogen) atoms. The molecule has 0 radical (unpaired) electrons. The van der Waals surface area contributed by atoms with Crippen LogP contribution in [0.15, 0.2) is 10.2 Å². The molecule has 0 aromatic carbocycles. The number of carbonyl (C=O) groups is 1. The fourth-order valence-corrected chi connectivity index (χ4v) is 4.31. The summed E-state index contributed by atoms with van der Waals surface area (Å²) in [6, 6.07) is 0. The van der Waals surface area contributed by atoms with Gasteiger partial charge < -0.3 is 0 Å². The molecule has 0 aliphatic heterocycles. The van der Waals surface area contributed by atoms with Gasteiger partial charge in [0.15, 0.2) is 0 Å². The van der Waals surface area contributed by atoms with Crippen LogP contribution in [0.3, 0.4) is 0 Å². The Morgan fingerprint density at radius 3 is 2.47 bits per heavy atom. The normalized spacial score (nSPS) is 27.3. The van der Waals surface area contributed by atoms with E-state index in [1.165, 1.54) is 0 Å². The molecule has 0 spiro atoms. The predicted octanol–water partition coefficient (Wildman–Crippen LogP) is 3.82. The van der Waals surface area contributed by atoms with E-state index in [2.05, 4.69) is 38.8 Å². The first kappa shape index (κ1) is 13.3. The monoisotopic (exact) mass is 316 g/mol. The van der Waals surface area contributed by atoms with Gasteiger partial charge in [0.05, 0.1) is 0 Å². The fourth-order valence-electron chi connectivity index (χ4n) is 2.00. The maximum atomic E-state index is 11.5. The van der Waals surface area contributed by atoms with Crippen LogP contribution in [-0.4, -0.2) is 24.2 Å². The number of hydrogen-bond donors (Lipinski definition) is 0. The molecular formula is C13H24OSn. The van der Waals surface area contributed by atoms with E-state index in [0.717, 1.165) is 19.3 Å². The number of Topliss-reactive ketones (excluding diaryl/α,β-unsaturated/α-hetero) is 1. The van der Waals surface area contributed by atoms with Crippen molar-refractivity contribution in [2.75, 3.05) is 0 Å². The first-order valence-corrected chi connectivity index (χ1v) is 16.1. The molecule has 0 amide bonds. The molecular weight excluding hydrogens is 291 g/mol. The molecule has 1 unspecified atom stereocenters. The van der Waals surface area contributed by atoms with Gasteiger partial charge in [0.1, 0.15) is 0 Å². The van der Waals surface area contributed by atoms with E-state index in [1.807, 2.05) is 0 Å². The molecule has 2 heteroatoms. The average Bonchev–Trinajstić information content (AvgIpc) is 2.05. The Bertz CT molecular complexity index is 271. The Hall–Kier alpha value is 0.209. The van der Waals surface area contributed by atoms with Crippen LogP contribution in [0.2, 0.25) is 14.8 Å². The third kappa shape index (κ3) is 4.29. The predicted molar refractivity (Wildman–Crippen MR) is 68.6 cm³/mol. The van der Waals surface area contributed by atoms with Gasteiger partial charge in [0.2, 0.25) is 0 Å². The summed E-state index contributed by atoms with van der Waals surface area (Å²) in [6.45, 7) is 4.60. The molecule has 1 atom stereocenters. The van der Waals surface area contributed by atoms with Crippen LogP contribution in [0, 0.1) is 11.3 Å². The van der Waals surface area contributed by atoms with Crippen molar-refractivity contribution in [1.29, 1.82) is 0 Å². The molecule has 1 nitrogen and oxygen atoms in total. The Labute approximate surface area is 98.2 Å². The standard InChI is InChI=1S/C10H15O.3CH3.Sn/c1-4-8-7-9(11)5-6-10(8,2)3;;;;/h1,4,8H,5-7H2,2-3H3;3*1H3;. The maximum absolute atomic E-state index is 11.5. The van der Waals surface area contributed by atoms with Crippen LogP contribution in [0.25, 0.3) is 0 Å². The summed E-state index contributed by atoms with van der Waals surface area (Å²) >= 11 is -1.80. The van der Waals surface area contributed by atoms with Gasteiger partial charge in [-0.2, -0.15) is 0 Å². The molecule has 0 aromatic rings. The molecule has 0 bridgehead atoms. The summed E-state index contributed by atoms with van der Waals surface area (Å²) in [4.78, 5) is 18.7. The molecule has 1 aliphatic rings. The summed E-state index contributed by atoms with van der Waals surface area (Å²) < 4.78 is 2.46. The Morgan fingerprint density at radius 2 is 1.93 bits per heavy atom. The van der Waals surface area contributed by atoms with Crippen LogP contribution in [-0.2, 0) is 4.79 Å². The van der Waals surface area contributed by atoms with E-state index in [1.54, 1.807) is 0 Å². The number of allylic oxidation sites excluding steroid dienone is 1. The summed E-state index contributed by atoms with van der Waals surface area (Å²) in [7, 11) is 0. The molecule has 1 aliphatic carbocycles. The van der Waals surface area contributed by atoms with Crippen LogP contribution in [0.1, 0.15) is 33.1 Å². The third-order valence-electron chi connectivity index (χ3n) is 3.33. The molecule has 1 rings (SSSR count). The summed E-state index contributed by atoms with van der Waals surface area (Å²) in [5, 5.41) is 0. The van der Waals surface area contributed by atoms with Crippen molar-refractivity contribution >= 4 is 24.2 Å². The van der Waals surface area contributed by atoms with Gasteiger partial charge in [-0.05, 0) is 0 Å². The molecule has 86 valence electrons. The summed E-state index contributed by atoms with van der Waals surface area (Å²) in [5.74, 6) is 0.933. The minimum atomic E-state index is -1.80. The molecule has 1 fully saturated rings. The number of hydrogen-bond acceptors (Lipinski definition) is 1. The van der Waals surface area contributed by atoms with E-state index in [0.29, 0.717) is 17.1 Å². The van der Waals surface area contributed by atoms with Gasteiger partial charge in [-0.1, -0.05) is 0 Å². The van der Waals surface area contributed by atoms with Gasteiger partial charge in [-0.3, -0.25) is 0 Å². The molecule has 1 saturated carbocycles.